The van der Waals surface area contributed by atoms with Gasteiger partial charge in [-0.3, -0.25) is 9.59 Å². The smallest absolute Gasteiger partial charge is 0.238 e. The summed E-state index contributed by atoms with van der Waals surface area (Å²) in [5.74, 6) is 1.96. The minimum absolute atomic E-state index is 0.0548. The lowest BCUT2D eigenvalue weighted by Gasteiger charge is -2.13. The molecule has 76 valence electrons. The molecule has 1 heterocycles. The summed E-state index contributed by atoms with van der Waals surface area (Å²) in [5, 5.41) is 5.26. The first-order chi connectivity index (χ1) is 6.63. The fourth-order valence-electron chi connectivity index (χ4n) is 1.24. The van der Waals surface area contributed by atoms with Gasteiger partial charge in [-0.1, -0.05) is 0 Å². The van der Waals surface area contributed by atoms with Crippen LogP contribution >= 0.6 is 0 Å². The number of carbonyl (C=O) groups is 2. The Morgan fingerprint density at radius 2 is 2.57 bits per heavy atom. The molecular formula is C9H13N3O2. The molecule has 1 saturated heterocycles. The predicted octanol–water partition coefficient (Wildman–Crippen LogP) is -1.66. The van der Waals surface area contributed by atoms with E-state index < -0.39 is 6.04 Å². The molecule has 4 N–H and O–H groups in total. The Labute approximate surface area is 82.4 Å². The van der Waals surface area contributed by atoms with Crippen molar-refractivity contribution < 1.29 is 9.59 Å². The Bertz CT molecular complexity index is 282. The molecule has 0 spiro atoms. The minimum Gasteiger partial charge on any atom is -0.354 e. The second kappa shape index (κ2) is 4.63. The number of rotatable bonds is 3. The van der Waals surface area contributed by atoms with Gasteiger partial charge in [-0.2, -0.15) is 0 Å². The highest BCUT2D eigenvalue weighted by atomic mass is 16.2. The third kappa shape index (κ3) is 2.75. The molecule has 2 atom stereocenters. The molecule has 0 aromatic heterocycles. The van der Waals surface area contributed by atoms with Crippen molar-refractivity contribution >= 4 is 11.8 Å². The highest BCUT2D eigenvalue weighted by Crippen LogP contribution is 1.99. The van der Waals surface area contributed by atoms with Crippen LogP contribution in [0.4, 0.5) is 0 Å². The third-order valence-corrected chi connectivity index (χ3v) is 2.00. The fraction of sp³-hybridized carbons (Fsp3) is 0.556. The summed E-state index contributed by atoms with van der Waals surface area (Å²) in [5.41, 5.74) is 5.48. The summed E-state index contributed by atoms with van der Waals surface area (Å²) in [6, 6.07) is -0.838. The van der Waals surface area contributed by atoms with Crippen LogP contribution in [-0.2, 0) is 9.59 Å². The Morgan fingerprint density at radius 1 is 1.86 bits per heavy atom. The standard InChI is InChI=1S/C9H13N3O2/c1-2-3-7(10)9(14)12-6-4-8(13)11-5-6/h1,6-7H,3-5,10H2,(H,11,13)(H,12,14). The normalized spacial score (nSPS) is 22.3. The van der Waals surface area contributed by atoms with Gasteiger partial charge >= 0.3 is 0 Å². The third-order valence-electron chi connectivity index (χ3n) is 2.00. The second-order valence-corrected chi connectivity index (χ2v) is 3.23. The summed E-state index contributed by atoms with van der Waals surface area (Å²) >= 11 is 0. The van der Waals surface area contributed by atoms with Crippen molar-refractivity contribution in [2.24, 2.45) is 5.73 Å². The van der Waals surface area contributed by atoms with Crippen LogP contribution < -0.4 is 16.4 Å². The van der Waals surface area contributed by atoms with Crippen LogP contribution in [0.2, 0.25) is 0 Å². The first-order valence-electron chi connectivity index (χ1n) is 4.39. The van der Waals surface area contributed by atoms with Crippen molar-refractivity contribution in [3.8, 4) is 12.3 Å². The second-order valence-electron chi connectivity index (χ2n) is 3.23. The summed E-state index contributed by atoms with van der Waals surface area (Å²) in [4.78, 5) is 22.1. The van der Waals surface area contributed by atoms with Crippen molar-refractivity contribution in [1.82, 2.24) is 10.6 Å². The van der Waals surface area contributed by atoms with Crippen LogP contribution in [0.3, 0.4) is 0 Å². The van der Waals surface area contributed by atoms with Crippen LogP contribution in [0.5, 0.6) is 0 Å². The largest absolute Gasteiger partial charge is 0.354 e. The van der Waals surface area contributed by atoms with Gasteiger partial charge in [0.1, 0.15) is 0 Å². The molecule has 0 aliphatic carbocycles. The van der Waals surface area contributed by atoms with Gasteiger partial charge < -0.3 is 16.4 Å². The summed E-state index contributed by atoms with van der Waals surface area (Å²) in [7, 11) is 0. The number of nitrogens with two attached hydrogens (primary N) is 1. The molecule has 5 heteroatoms. The maximum Gasteiger partial charge on any atom is 0.238 e. The number of nitrogens with one attached hydrogen (secondary N) is 2. The lowest BCUT2D eigenvalue weighted by atomic mass is 10.2. The van der Waals surface area contributed by atoms with Crippen molar-refractivity contribution in [2.45, 2.75) is 24.9 Å². The van der Waals surface area contributed by atoms with Crippen LogP contribution in [0.1, 0.15) is 12.8 Å². The van der Waals surface area contributed by atoms with Crippen molar-refractivity contribution in [3.05, 3.63) is 0 Å². The lowest BCUT2D eigenvalue weighted by molar-refractivity contribution is -0.122. The highest BCUT2D eigenvalue weighted by molar-refractivity contribution is 5.84. The van der Waals surface area contributed by atoms with Crippen molar-refractivity contribution in [1.29, 1.82) is 0 Å². The monoisotopic (exact) mass is 195 g/mol. The van der Waals surface area contributed by atoms with Gasteiger partial charge in [-0.15, -0.1) is 12.3 Å². The number of hydrogen-bond acceptors (Lipinski definition) is 3. The Kier molecular flexibility index (Phi) is 3.48. The van der Waals surface area contributed by atoms with E-state index >= 15 is 0 Å². The van der Waals surface area contributed by atoms with E-state index in [1.165, 1.54) is 0 Å². The molecule has 5 nitrogen and oxygen atoms in total. The first kappa shape index (κ1) is 10.5. The first-order valence-corrected chi connectivity index (χ1v) is 4.39. The molecule has 0 bridgehead atoms. The zero-order chi connectivity index (χ0) is 10.6. The van der Waals surface area contributed by atoms with Gasteiger partial charge in [0.2, 0.25) is 11.8 Å². The van der Waals surface area contributed by atoms with Crippen LogP contribution in [0.15, 0.2) is 0 Å². The highest BCUT2D eigenvalue weighted by Gasteiger charge is 2.24. The molecule has 1 fully saturated rings. The summed E-state index contributed by atoms with van der Waals surface area (Å²) in [6.07, 6.45) is 5.54. The van der Waals surface area contributed by atoms with E-state index in [0.717, 1.165) is 0 Å². The quantitative estimate of drug-likeness (QED) is 0.471. The van der Waals surface area contributed by atoms with Gasteiger partial charge in [0, 0.05) is 19.4 Å². The van der Waals surface area contributed by atoms with Gasteiger partial charge in [-0.05, 0) is 0 Å². The summed E-state index contributed by atoms with van der Waals surface area (Å²) in [6.45, 7) is 0.466. The van der Waals surface area contributed by atoms with E-state index in [1.54, 1.807) is 0 Å². The molecule has 0 aromatic carbocycles. The number of terminal acetylenes is 1. The topological polar surface area (TPSA) is 84.2 Å². The predicted molar refractivity (Wildman–Crippen MR) is 51.0 cm³/mol. The van der Waals surface area contributed by atoms with Crippen LogP contribution in [-0.4, -0.2) is 30.4 Å². The molecule has 0 saturated carbocycles. The van der Waals surface area contributed by atoms with E-state index in [4.69, 9.17) is 12.2 Å². The van der Waals surface area contributed by atoms with Crippen LogP contribution in [0.25, 0.3) is 0 Å². The molecule has 1 aliphatic rings. The lowest BCUT2D eigenvalue weighted by Crippen LogP contribution is -2.45. The molecular weight excluding hydrogens is 182 g/mol. The Morgan fingerprint density at radius 3 is 3.07 bits per heavy atom. The molecule has 0 radical (unpaired) electrons. The zero-order valence-electron chi connectivity index (χ0n) is 7.75. The van der Waals surface area contributed by atoms with E-state index in [-0.39, 0.29) is 24.3 Å². The zero-order valence-corrected chi connectivity index (χ0v) is 7.75. The molecule has 14 heavy (non-hydrogen) atoms. The molecule has 2 amide bonds. The average molecular weight is 195 g/mol. The van der Waals surface area contributed by atoms with E-state index in [0.29, 0.717) is 13.0 Å². The van der Waals surface area contributed by atoms with Crippen molar-refractivity contribution in [3.63, 3.8) is 0 Å². The summed E-state index contributed by atoms with van der Waals surface area (Å²) < 4.78 is 0. The molecule has 1 rings (SSSR count). The van der Waals surface area contributed by atoms with Crippen molar-refractivity contribution in [2.75, 3.05) is 6.54 Å². The SMILES string of the molecule is C#CCC(N)C(=O)NC1CNC(=O)C1. The molecule has 1 aliphatic heterocycles. The van der Waals surface area contributed by atoms with E-state index in [1.807, 2.05) is 0 Å². The van der Waals surface area contributed by atoms with Gasteiger partial charge in [0.25, 0.3) is 0 Å². The Balaban J connectivity index is 2.34. The van der Waals surface area contributed by atoms with Gasteiger partial charge in [-0.25, -0.2) is 0 Å². The number of hydrogen-bond donors (Lipinski definition) is 3. The van der Waals surface area contributed by atoms with E-state index in [2.05, 4.69) is 16.6 Å². The molecule has 2 unspecified atom stereocenters. The van der Waals surface area contributed by atoms with Gasteiger partial charge in [0.05, 0.1) is 12.1 Å². The Hall–Kier alpha value is -1.54. The number of carbonyl (C=O) groups excluding carboxylic acids is 2. The van der Waals surface area contributed by atoms with Crippen LogP contribution in [0, 0.1) is 12.3 Å². The number of amides is 2. The molecule has 0 aromatic rings. The van der Waals surface area contributed by atoms with Gasteiger partial charge in [0.15, 0.2) is 0 Å². The minimum atomic E-state index is -0.685. The maximum atomic E-state index is 11.3. The van der Waals surface area contributed by atoms with E-state index in [9.17, 15) is 9.59 Å². The maximum absolute atomic E-state index is 11.3. The fourth-order valence-corrected chi connectivity index (χ4v) is 1.24. The average Bonchev–Trinajstić information content (AvgIpc) is 2.51.